The lowest BCUT2D eigenvalue weighted by atomic mass is 10.0. The average Bonchev–Trinajstić information content (AvgIpc) is 2.43. The molecule has 0 spiro atoms. The van der Waals surface area contributed by atoms with Gasteiger partial charge in [-0.2, -0.15) is 0 Å². The minimum atomic E-state index is -0.261. The van der Waals surface area contributed by atoms with Gasteiger partial charge in [-0.15, -0.1) is 10.2 Å². The highest BCUT2D eigenvalue weighted by Crippen LogP contribution is 2.16. The van der Waals surface area contributed by atoms with Crippen LogP contribution in [0.4, 0.5) is 5.82 Å². The molecular formula is C13H22N4O2. The summed E-state index contributed by atoms with van der Waals surface area (Å²) in [7, 11) is 3.42. The molecule has 19 heavy (non-hydrogen) atoms. The molecule has 1 unspecified atom stereocenters. The molecule has 0 saturated carbocycles. The SMILES string of the molecule is CNC(=O)c1ccc(N(C)C(CO)CC(C)C)nn1. The Balaban J connectivity index is 2.81. The van der Waals surface area contributed by atoms with Gasteiger partial charge in [0.1, 0.15) is 0 Å². The van der Waals surface area contributed by atoms with Gasteiger partial charge in [0.15, 0.2) is 11.5 Å². The first-order valence-electron chi connectivity index (χ1n) is 6.39. The molecule has 1 atom stereocenters. The summed E-state index contributed by atoms with van der Waals surface area (Å²) in [4.78, 5) is 13.3. The first-order chi connectivity index (χ1) is 8.99. The van der Waals surface area contributed by atoms with E-state index >= 15 is 0 Å². The first-order valence-corrected chi connectivity index (χ1v) is 6.39. The molecule has 6 heteroatoms. The number of aromatic nitrogens is 2. The smallest absolute Gasteiger partial charge is 0.271 e. The molecule has 0 aromatic carbocycles. The third-order valence-corrected chi connectivity index (χ3v) is 2.97. The van der Waals surface area contributed by atoms with Crippen molar-refractivity contribution in [2.75, 3.05) is 25.6 Å². The molecular weight excluding hydrogens is 244 g/mol. The molecule has 1 heterocycles. The van der Waals surface area contributed by atoms with E-state index in [-0.39, 0.29) is 24.2 Å². The minimum absolute atomic E-state index is 0.000140. The topological polar surface area (TPSA) is 78.4 Å². The Morgan fingerprint density at radius 2 is 2.11 bits per heavy atom. The van der Waals surface area contributed by atoms with Crippen molar-refractivity contribution in [1.29, 1.82) is 0 Å². The van der Waals surface area contributed by atoms with Crippen LogP contribution in [0.2, 0.25) is 0 Å². The number of nitrogens with one attached hydrogen (secondary N) is 1. The van der Waals surface area contributed by atoms with Gasteiger partial charge in [0.25, 0.3) is 5.91 Å². The summed E-state index contributed by atoms with van der Waals surface area (Å²) in [5.41, 5.74) is 0.282. The molecule has 6 nitrogen and oxygen atoms in total. The monoisotopic (exact) mass is 266 g/mol. The van der Waals surface area contributed by atoms with Gasteiger partial charge in [-0.3, -0.25) is 4.79 Å². The van der Waals surface area contributed by atoms with E-state index in [9.17, 15) is 9.90 Å². The largest absolute Gasteiger partial charge is 0.394 e. The predicted molar refractivity (Wildman–Crippen MR) is 74.2 cm³/mol. The molecule has 1 amide bonds. The van der Waals surface area contributed by atoms with E-state index in [1.807, 2.05) is 11.9 Å². The Labute approximate surface area is 113 Å². The zero-order chi connectivity index (χ0) is 14.4. The summed E-state index contributed by atoms with van der Waals surface area (Å²) in [6.45, 7) is 4.28. The van der Waals surface area contributed by atoms with Crippen LogP contribution in [0.15, 0.2) is 12.1 Å². The van der Waals surface area contributed by atoms with Gasteiger partial charge in [-0.1, -0.05) is 13.8 Å². The predicted octanol–water partition coefficient (Wildman–Crippen LogP) is 0.679. The summed E-state index contributed by atoms with van der Waals surface area (Å²) in [5.74, 6) is 0.868. The second-order valence-electron chi connectivity index (χ2n) is 4.93. The van der Waals surface area contributed by atoms with E-state index in [2.05, 4.69) is 29.4 Å². The Hall–Kier alpha value is -1.69. The van der Waals surface area contributed by atoms with Crippen LogP contribution in [0.1, 0.15) is 30.8 Å². The highest BCUT2D eigenvalue weighted by molar-refractivity contribution is 5.91. The molecule has 0 radical (unpaired) electrons. The maximum Gasteiger partial charge on any atom is 0.271 e. The number of aliphatic hydroxyl groups is 1. The molecule has 0 saturated heterocycles. The summed E-state index contributed by atoms with van der Waals surface area (Å²) in [6, 6.07) is 3.36. The number of hydrogen-bond acceptors (Lipinski definition) is 5. The molecule has 2 N–H and O–H groups in total. The van der Waals surface area contributed by atoms with Gasteiger partial charge >= 0.3 is 0 Å². The van der Waals surface area contributed by atoms with E-state index in [1.54, 1.807) is 19.2 Å². The second kappa shape index (κ2) is 7.04. The number of aliphatic hydroxyl groups excluding tert-OH is 1. The highest BCUT2D eigenvalue weighted by atomic mass is 16.3. The molecule has 0 fully saturated rings. The number of anilines is 1. The van der Waals surface area contributed by atoms with Crippen LogP contribution in [0.3, 0.4) is 0 Å². The number of carbonyl (C=O) groups is 1. The maximum atomic E-state index is 11.4. The third-order valence-electron chi connectivity index (χ3n) is 2.97. The van der Waals surface area contributed by atoms with Crippen LogP contribution in [-0.2, 0) is 0 Å². The standard InChI is InChI=1S/C13H22N4O2/c1-9(2)7-10(8-18)17(4)12-6-5-11(15-16-12)13(19)14-3/h5-6,9-10,18H,7-8H2,1-4H3,(H,14,19). The van der Waals surface area contributed by atoms with Crippen molar-refractivity contribution in [3.05, 3.63) is 17.8 Å². The van der Waals surface area contributed by atoms with Gasteiger partial charge in [-0.25, -0.2) is 0 Å². The van der Waals surface area contributed by atoms with Crippen LogP contribution in [0.25, 0.3) is 0 Å². The van der Waals surface area contributed by atoms with E-state index in [4.69, 9.17) is 0 Å². The normalized spacial score (nSPS) is 12.3. The van der Waals surface area contributed by atoms with Gasteiger partial charge < -0.3 is 15.3 Å². The van der Waals surface area contributed by atoms with E-state index in [0.29, 0.717) is 11.7 Å². The molecule has 0 bridgehead atoms. The van der Waals surface area contributed by atoms with E-state index in [0.717, 1.165) is 6.42 Å². The lowest BCUT2D eigenvalue weighted by Gasteiger charge is -2.28. The minimum Gasteiger partial charge on any atom is -0.394 e. The van der Waals surface area contributed by atoms with Crippen LogP contribution in [0, 0.1) is 5.92 Å². The molecule has 0 aliphatic rings. The van der Waals surface area contributed by atoms with E-state index in [1.165, 1.54) is 0 Å². The molecule has 0 aliphatic heterocycles. The number of carbonyl (C=O) groups excluding carboxylic acids is 1. The van der Waals surface area contributed by atoms with Crippen molar-refractivity contribution in [3.63, 3.8) is 0 Å². The highest BCUT2D eigenvalue weighted by Gasteiger charge is 2.17. The van der Waals surface area contributed by atoms with Gasteiger partial charge in [0.05, 0.1) is 12.6 Å². The zero-order valence-electron chi connectivity index (χ0n) is 11.9. The third kappa shape index (κ3) is 4.17. The van der Waals surface area contributed by atoms with Gasteiger partial charge in [0.2, 0.25) is 0 Å². The Kier molecular flexibility index (Phi) is 5.69. The maximum absolute atomic E-state index is 11.4. The summed E-state index contributed by atoms with van der Waals surface area (Å²) < 4.78 is 0. The molecule has 0 aliphatic carbocycles. The van der Waals surface area contributed by atoms with Crippen molar-refractivity contribution >= 4 is 11.7 Å². The summed E-state index contributed by atoms with van der Waals surface area (Å²) in [5, 5.41) is 19.8. The van der Waals surface area contributed by atoms with Gasteiger partial charge in [-0.05, 0) is 24.5 Å². The fourth-order valence-electron chi connectivity index (χ4n) is 1.85. The molecule has 1 aromatic rings. The lowest BCUT2D eigenvalue weighted by Crippen LogP contribution is -2.36. The van der Waals surface area contributed by atoms with Crippen LogP contribution >= 0.6 is 0 Å². The Morgan fingerprint density at radius 1 is 1.42 bits per heavy atom. The lowest BCUT2D eigenvalue weighted by molar-refractivity contribution is 0.0957. The number of likely N-dealkylation sites (N-methyl/N-ethyl adjacent to an activating group) is 1. The number of rotatable bonds is 6. The van der Waals surface area contributed by atoms with Gasteiger partial charge in [0, 0.05) is 14.1 Å². The number of hydrogen-bond donors (Lipinski definition) is 2. The quantitative estimate of drug-likeness (QED) is 0.791. The van der Waals surface area contributed by atoms with Crippen LogP contribution in [-0.4, -0.2) is 48.0 Å². The Bertz CT molecular complexity index is 406. The zero-order valence-corrected chi connectivity index (χ0v) is 11.9. The van der Waals surface area contributed by atoms with E-state index < -0.39 is 0 Å². The van der Waals surface area contributed by atoms with Crippen LogP contribution in [0.5, 0.6) is 0 Å². The van der Waals surface area contributed by atoms with Crippen LogP contribution < -0.4 is 10.2 Å². The number of amides is 1. The number of nitrogens with zero attached hydrogens (tertiary/aromatic N) is 3. The molecule has 106 valence electrons. The van der Waals surface area contributed by atoms with Crippen molar-refractivity contribution in [3.8, 4) is 0 Å². The average molecular weight is 266 g/mol. The summed E-state index contributed by atoms with van der Waals surface area (Å²) in [6.07, 6.45) is 0.867. The van der Waals surface area contributed by atoms with Crippen molar-refractivity contribution < 1.29 is 9.90 Å². The summed E-state index contributed by atoms with van der Waals surface area (Å²) >= 11 is 0. The van der Waals surface area contributed by atoms with Crippen molar-refractivity contribution in [2.24, 2.45) is 5.92 Å². The second-order valence-corrected chi connectivity index (χ2v) is 4.93. The first kappa shape index (κ1) is 15.4. The fraction of sp³-hybridized carbons (Fsp3) is 0.615. The Morgan fingerprint density at radius 3 is 2.53 bits per heavy atom. The fourth-order valence-corrected chi connectivity index (χ4v) is 1.85. The molecule has 1 rings (SSSR count). The molecule has 1 aromatic heterocycles. The van der Waals surface area contributed by atoms with Crippen molar-refractivity contribution in [2.45, 2.75) is 26.3 Å². The van der Waals surface area contributed by atoms with Crippen molar-refractivity contribution in [1.82, 2.24) is 15.5 Å².